The van der Waals surface area contributed by atoms with Gasteiger partial charge in [0.15, 0.2) is 0 Å². The molecule has 21 heavy (non-hydrogen) atoms. The summed E-state index contributed by atoms with van der Waals surface area (Å²) in [4.78, 5) is 0. The van der Waals surface area contributed by atoms with Crippen molar-refractivity contribution < 1.29 is 17.9 Å². The Morgan fingerprint density at radius 3 is 2.33 bits per heavy atom. The molecule has 0 saturated heterocycles. The van der Waals surface area contributed by atoms with E-state index >= 15 is 0 Å². The molecule has 0 heterocycles. The van der Waals surface area contributed by atoms with Gasteiger partial charge in [0, 0.05) is 11.6 Å². The summed E-state index contributed by atoms with van der Waals surface area (Å²) in [7, 11) is 1.58. The van der Waals surface area contributed by atoms with Crippen LogP contribution in [-0.2, 0) is 0 Å². The van der Waals surface area contributed by atoms with E-state index in [0.29, 0.717) is 18.6 Å². The van der Waals surface area contributed by atoms with Gasteiger partial charge in [-0.25, -0.2) is 0 Å². The van der Waals surface area contributed by atoms with Crippen LogP contribution >= 0.6 is 0 Å². The number of aryl methyl sites for hydroxylation is 1. The third-order valence-electron chi connectivity index (χ3n) is 4.49. The maximum Gasteiger partial charge on any atom is 0.391 e. The average Bonchev–Trinajstić information content (AvgIpc) is 2.45. The quantitative estimate of drug-likeness (QED) is 0.899. The van der Waals surface area contributed by atoms with Crippen LogP contribution in [0.5, 0.6) is 5.75 Å². The van der Waals surface area contributed by atoms with Crippen LogP contribution in [-0.4, -0.2) is 13.3 Å². The molecule has 1 fully saturated rings. The fourth-order valence-corrected chi connectivity index (χ4v) is 3.17. The number of ether oxygens (including phenoxy) is 1. The van der Waals surface area contributed by atoms with Crippen molar-refractivity contribution in [2.24, 2.45) is 17.6 Å². The van der Waals surface area contributed by atoms with Crippen molar-refractivity contribution in [3.63, 3.8) is 0 Å². The largest absolute Gasteiger partial charge is 0.496 e. The lowest BCUT2D eigenvalue weighted by molar-refractivity contribution is -0.184. The number of hydrogen-bond acceptors (Lipinski definition) is 2. The molecule has 1 aliphatic rings. The Labute approximate surface area is 123 Å². The van der Waals surface area contributed by atoms with Gasteiger partial charge in [-0.2, -0.15) is 13.2 Å². The molecule has 2 rings (SSSR count). The van der Waals surface area contributed by atoms with Crippen LogP contribution in [0.3, 0.4) is 0 Å². The van der Waals surface area contributed by atoms with Gasteiger partial charge in [-0.3, -0.25) is 0 Å². The van der Waals surface area contributed by atoms with E-state index < -0.39 is 12.1 Å². The highest BCUT2D eigenvalue weighted by molar-refractivity contribution is 5.39. The van der Waals surface area contributed by atoms with Gasteiger partial charge in [-0.1, -0.05) is 17.7 Å². The van der Waals surface area contributed by atoms with Crippen molar-refractivity contribution in [2.75, 3.05) is 7.11 Å². The fraction of sp³-hybridized carbons (Fsp3) is 0.625. The lowest BCUT2D eigenvalue weighted by atomic mass is 9.76. The summed E-state index contributed by atoms with van der Waals surface area (Å²) >= 11 is 0. The molecule has 0 bridgehead atoms. The number of rotatable bonds is 3. The van der Waals surface area contributed by atoms with E-state index in [4.69, 9.17) is 10.5 Å². The topological polar surface area (TPSA) is 35.2 Å². The Morgan fingerprint density at radius 2 is 1.81 bits per heavy atom. The molecule has 1 aromatic rings. The minimum absolute atomic E-state index is 0.0827. The first kappa shape index (κ1) is 16.1. The van der Waals surface area contributed by atoms with E-state index in [2.05, 4.69) is 0 Å². The monoisotopic (exact) mass is 301 g/mol. The number of hydrogen-bond donors (Lipinski definition) is 1. The third kappa shape index (κ3) is 3.70. The second kappa shape index (κ2) is 6.26. The maximum absolute atomic E-state index is 12.7. The van der Waals surface area contributed by atoms with Crippen molar-refractivity contribution in [2.45, 2.75) is 44.8 Å². The van der Waals surface area contributed by atoms with Crippen molar-refractivity contribution in [1.29, 1.82) is 0 Å². The molecule has 2 N–H and O–H groups in total. The van der Waals surface area contributed by atoms with Gasteiger partial charge in [0.2, 0.25) is 0 Å². The van der Waals surface area contributed by atoms with Crippen molar-refractivity contribution in [3.8, 4) is 5.75 Å². The van der Waals surface area contributed by atoms with Crippen LogP contribution in [0.25, 0.3) is 0 Å². The summed E-state index contributed by atoms with van der Waals surface area (Å²) in [5.41, 5.74) is 8.28. The minimum Gasteiger partial charge on any atom is -0.496 e. The summed E-state index contributed by atoms with van der Waals surface area (Å²) in [5.74, 6) is -0.370. The summed E-state index contributed by atoms with van der Waals surface area (Å²) < 4.78 is 43.5. The molecule has 2 nitrogen and oxygen atoms in total. The van der Waals surface area contributed by atoms with E-state index in [-0.39, 0.29) is 24.8 Å². The van der Waals surface area contributed by atoms with Gasteiger partial charge in [-0.15, -0.1) is 0 Å². The smallest absolute Gasteiger partial charge is 0.391 e. The molecule has 118 valence electrons. The van der Waals surface area contributed by atoms with Crippen LogP contribution in [0.15, 0.2) is 18.2 Å². The first-order chi connectivity index (χ1) is 9.82. The normalized spacial score (nSPS) is 24.7. The zero-order chi connectivity index (χ0) is 15.6. The molecule has 1 saturated carbocycles. The molecule has 1 aliphatic carbocycles. The zero-order valence-corrected chi connectivity index (χ0v) is 12.4. The van der Waals surface area contributed by atoms with E-state index in [9.17, 15) is 13.2 Å². The summed E-state index contributed by atoms with van der Waals surface area (Å²) in [5, 5.41) is 0. The average molecular weight is 301 g/mol. The van der Waals surface area contributed by atoms with Crippen LogP contribution < -0.4 is 10.5 Å². The summed E-state index contributed by atoms with van der Waals surface area (Å²) in [6.45, 7) is 1.97. The van der Waals surface area contributed by atoms with Gasteiger partial charge in [-0.05, 0) is 44.6 Å². The van der Waals surface area contributed by atoms with E-state index in [0.717, 1.165) is 11.1 Å². The summed E-state index contributed by atoms with van der Waals surface area (Å²) in [6, 6.07) is 5.51. The summed E-state index contributed by atoms with van der Waals surface area (Å²) in [6.07, 6.45) is -2.69. The number of nitrogens with two attached hydrogens (primary N) is 1. The molecule has 5 heteroatoms. The molecular formula is C16H22F3NO. The molecule has 1 atom stereocenters. The fourth-order valence-electron chi connectivity index (χ4n) is 3.17. The highest BCUT2D eigenvalue weighted by Crippen LogP contribution is 2.43. The minimum atomic E-state index is -4.07. The first-order valence-electron chi connectivity index (χ1n) is 7.29. The molecule has 0 aromatic heterocycles. The van der Waals surface area contributed by atoms with Gasteiger partial charge in [0.1, 0.15) is 5.75 Å². The lowest BCUT2D eigenvalue weighted by Crippen LogP contribution is -2.32. The van der Waals surface area contributed by atoms with Gasteiger partial charge >= 0.3 is 6.18 Å². The molecule has 1 aromatic carbocycles. The lowest BCUT2D eigenvalue weighted by Gasteiger charge is -2.33. The Kier molecular flexibility index (Phi) is 4.81. The highest BCUT2D eigenvalue weighted by Gasteiger charge is 2.42. The van der Waals surface area contributed by atoms with Gasteiger partial charge in [0.05, 0.1) is 13.0 Å². The van der Waals surface area contributed by atoms with E-state index in [1.54, 1.807) is 7.11 Å². The Balaban J connectivity index is 2.08. The Hall–Kier alpha value is -1.23. The molecule has 0 amide bonds. The Bertz CT molecular complexity index is 479. The highest BCUT2D eigenvalue weighted by atomic mass is 19.4. The second-order valence-electron chi connectivity index (χ2n) is 5.92. The third-order valence-corrected chi connectivity index (χ3v) is 4.49. The molecule has 0 radical (unpaired) electrons. The predicted molar refractivity (Wildman–Crippen MR) is 76.2 cm³/mol. The molecule has 0 aliphatic heterocycles. The van der Waals surface area contributed by atoms with Crippen LogP contribution in [0, 0.1) is 18.8 Å². The van der Waals surface area contributed by atoms with Crippen molar-refractivity contribution in [3.05, 3.63) is 29.3 Å². The van der Waals surface area contributed by atoms with Crippen LogP contribution in [0.2, 0.25) is 0 Å². The number of alkyl halides is 3. The second-order valence-corrected chi connectivity index (χ2v) is 5.92. The first-order valence-corrected chi connectivity index (χ1v) is 7.29. The van der Waals surface area contributed by atoms with Crippen molar-refractivity contribution in [1.82, 2.24) is 0 Å². The van der Waals surface area contributed by atoms with Crippen LogP contribution in [0.1, 0.15) is 42.9 Å². The van der Waals surface area contributed by atoms with Crippen molar-refractivity contribution >= 4 is 0 Å². The molecule has 1 unspecified atom stereocenters. The number of halogens is 3. The van der Waals surface area contributed by atoms with Crippen LogP contribution in [0.4, 0.5) is 13.2 Å². The van der Waals surface area contributed by atoms with Gasteiger partial charge < -0.3 is 10.5 Å². The SMILES string of the molecule is COc1ccc(C)cc1C(N)C1CCC(C(F)(F)F)CC1. The van der Waals surface area contributed by atoms with E-state index in [1.807, 2.05) is 25.1 Å². The predicted octanol–water partition coefficient (Wildman–Crippen LogP) is 4.37. The van der Waals surface area contributed by atoms with Gasteiger partial charge in [0.25, 0.3) is 0 Å². The number of benzene rings is 1. The van der Waals surface area contributed by atoms with E-state index in [1.165, 1.54) is 0 Å². The molecular weight excluding hydrogens is 279 g/mol. The standard InChI is InChI=1S/C16H22F3NO/c1-10-3-8-14(21-2)13(9-10)15(20)11-4-6-12(7-5-11)16(17,18)19/h3,8-9,11-12,15H,4-7,20H2,1-2H3. The number of methoxy groups -OCH3 is 1. The Morgan fingerprint density at radius 1 is 1.19 bits per heavy atom. The zero-order valence-electron chi connectivity index (χ0n) is 12.4. The maximum atomic E-state index is 12.7. The molecule has 0 spiro atoms.